The Labute approximate surface area is 255 Å². The summed E-state index contributed by atoms with van der Waals surface area (Å²) in [5.41, 5.74) is 11.2. The Morgan fingerprint density at radius 1 is 0.897 bits per heavy atom. The van der Waals surface area contributed by atoms with Crippen molar-refractivity contribution in [3.8, 4) is 22.3 Å². The van der Waals surface area contributed by atoms with E-state index >= 15 is 0 Å². The van der Waals surface area contributed by atoms with Crippen molar-refractivity contribution in [1.29, 1.82) is 0 Å². The quantitative estimate of drug-likeness (QED) is 0.133. The first kappa shape index (κ1) is 30.1. The number of halogens is 2. The van der Waals surface area contributed by atoms with Crippen LogP contribution >= 0.6 is 17.0 Å². The largest absolute Gasteiger partial charge is 0.184 e. The Morgan fingerprint density at radius 2 is 1.59 bits per heavy atom. The van der Waals surface area contributed by atoms with Gasteiger partial charge in [-0.15, -0.1) is 40.1 Å². The summed E-state index contributed by atoms with van der Waals surface area (Å²) in [4.78, 5) is 0. The van der Waals surface area contributed by atoms with Gasteiger partial charge in [0.1, 0.15) is 0 Å². The Hall–Kier alpha value is -1.83. The van der Waals surface area contributed by atoms with Crippen molar-refractivity contribution in [2.75, 3.05) is 0 Å². The molecule has 0 aliphatic carbocycles. The fraction of sp³-hybridized carbons (Fsp3) is 0.229. The topological polar surface area (TPSA) is 0 Å². The number of aryl methyl sites for hydroxylation is 3. The maximum absolute atomic E-state index is 4.93. The molecule has 5 aromatic rings. The molecule has 0 atom stereocenters. The van der Waals surface area contributed by atoms with E-state index in [2.05, 4.69) is 120 Å². The normalized spacial score (nSPS) is 11.2. The van der Waals surface area contributed by atoms with Crippen LogP contribution in [0.3, 0.4) is 0 Å². The van der Waals surface area contributed by atoms with Crippen LogP contribution in [-0.4, -0.2) is 9.52 Å². The van der Waals surface area contributed by atoms with Crippen LogP contribution in [0.25, 0.3) is 33.0 Å². The number of hydrogen-bond donors (Lipinski definition) is 0. The van der Waals surface area contributed by atoms with Gasteiger partial charge in [0.2, 0.25) is 0 Å². The van der Waals surface area contributed by atoms with Gasteiger partial charge in [0.15, 0.2) is 0 Å². The van der Waals surface area contributed by atoms with Gasteiger partial charge in [-0.05, 0) is 31.7 Å². The fourth-order valence-corrected chi connectivity index (χ4v) is 6.75. The molecule has 5 aromatic carbocycles. The van der Waals surface area contributed by atoms with Crippen LogP contribution in [-0.2, 0) is 27.3 Å². The van der Waals surface area contributed by atoms with Crippen molar-refractivity contribution in [1.82, 2.24) is 0 Å². The van der Waals surface area contributed by atoms with E-state index in [1.54, 1.807) is 0 Å². The van der Waals surface area contributed by atoms with Crippen molar-refractivity contribution >= 4 is 47.7 Å². The summed E-state index contributed by atoms with van der Waals surface area (Å²) in [5.74, 6) is 0.528. The standard InChI is InChI=1S/C23H27.C12H7Si.2ClH.Zr/c1-6-7-18-13-19-8-9-21(15(2)3)23(22(19)14-18)20-11-16(4)10-17(5)12-20;1-3-7-11-9(5-1)10-6-2-4-8-12(10)13-11;;;/h8-15H,6-7H2,1-5H3;1-7H;2*1H;/q2*-1;;;+4/p-2. The van der Waals surface area contributed by atoms with Gasteiger partial charge < -0.3 is 0 Å². The average molecular weight is 645 g/mol. The van der Waals surface area contributed by atoms with Crippen molar-refractivity contribution in [2.24, 2.45) is 0 Å². The van der Waals surface area contributed by atoms with E-state index in [-0.39, 0.29) is 0 Å². The minimum atomic E-state index is -0.826. The minimum absolute atomic E-state index is 0.528. The molecule has 0 amide bonds. The number of rotatable bonds is 4. The van der Waals surface area contributed by atoms with E-state index in [0.29, 0.717) is 5.92 Å². The van der Waals surface area contributed by atoms with E-state index in [4.69, 9.17) is 17.0 Å². The zero-order valence-corrected chi connectivity index (χ0v) is 28.3. The van der Waals surface area contributed by atoms with Crippen LogP contribution in [0.2, 0.25) is 0 Å². The molecule has 0 aromatic heterocycles. The molecule has 6 rings (SSSR count). The molecule has 0 spiro atoms. The van der Waals surface area contributed by atoms with Gasteiger partial charge in [-0.2, -0.15) is 35.5 Å². The summed E-state index contributed by atoms with van der Waals surface area (Å²) < 4.78 is 0. The number of fused-ring (bicyclic) bond motifs is 4. The molecule has 0 bridgehead atoms. The van der Waals surface area contributed by atoms with E-state index in [1.165, 1.54) is 72.1 Å². The van der Waals surface area contributed by atoms with E-state index in [9.17, 15) is 0 Å². The van der Waals surface area contributed by atoms with Crippen LogP contribution in [0.5, 0.6) is 0 Å². The summed E-state index contributed by atoms with van der Waals surface area (Å²) in [6.07, 6.45) is 2.37. The fourth-order valence-electron chi connectivity index (χ4n) is 5.44. The van der Waals surface area contributed by atoms with Crippen LogP contribution in [0.1, 0.15) is 55.4 Å². The Morgan fingerprint density at radius 3 is 2.28 bits per heavy atom. The molecule has 0 nitrogen and oxygen atoms in total. The molecule has 1 aliphatic rings. The minimum Gasteiger partial charge on any atom is -0.184 e. The second-order valence-electron chi connectivity index (χ2n) is 10.4. The summed E-state index contributed by atoms with van der Waals surface area (Å²) in [7, 11) is 10.7. The molecule has 1 heterocycles. The van der Waals surface area contributed by atoms with Gasteiger partial charge in [0.25, 0.3) is 0 Å². The van der Waals surface area contributed by atoms with Gasteiger partial charge >= 0.3 is 37.9 Å². The van der Waals surface area contributed by atoms with Gasteiger partial charge in [-0.3, -0.25) is 0 Å². The Bertz CT molecular complexity index is 1490. The first-order valence-corrected chi connectivity index (χ1v) is 20.8. The molecule has 1 aliphatic heterocycles. The maximum Gasteiger partial charge on any atom is 0.0920 e. The number of hydrogen-bond acceptors (Lipinski definition) is 0. The number of benzene rings is 4. The molecule has 196 valence electrons. The van der Waals surface area contributed by atoms with Gasteiger partial charge in [0, 0.05) is 0 Å². The third-order valence-electron chi connectivity index (χ3n) is 6.99. The molecule has 0 saturated heterocycles. The molecular weight excluding hydrogens is 611 g/mol. The molecule has 4 heteroatoms. The molecule has 0 saturated carbocycles. The third-order valence-corrected chi connectivity index (χ3v) is 8.36. The second kappa shape index (κ2) is 14.2. The predicted octanol–water partition coefficient (Wildman–Crippen LogP) is 9.42. The first-order valence-electron chi connectivity index (χ1n) is 13.5. The van der Waals surface area contributed by atoms with Crippen LogP contribution < -0.4 is 10.4 Å². The summed E-state index contributed by atoms with van der Waals surface area (Å²) in [6.45, 7) is 11.2. The Balaban J connectivity index is 0.000000184. The van der Waals surface area contributed by atoms with Crippen LogP contribution in [0, 0.1) is 19.9 Å². The maximum atomic E-state index is 4.93. The molecule has 0 fully saturated rings. The van der Waals surface area contributed by atoms with Crippen molar-refractivity contribution in [3.05, 3.63) is 113 Å². The molecule has 39 heavy (non-hydrogen) atoms. The molecule has 0 unspecified atom stereocenters. The molecule has 0 N–H and O–H groups in total. The van der Waals surface area contributed by atoms with Gasteiger partial charge in [-0.25, -0.2) is 0 Å². The van der Waals surface area contributed by atoms with E-state index < -0.39 is 20.8 Å². The van der Waals surface area contributed by atoms with E-state index in [1.807, 2.05) is 6.07 Å². The van der Waals surface area contributed by atoms with Crippen LogP contribution in [0.4, 0.5) is 0 Å². The van der Waals surface area contributed by atoms with Gasteiger partial charge in [0.05, 0.1) is 9.52 Å². The molecular formula is C35H34Cl2SiZr. The van der Waals surface area contributed by atoms with Crippen molar-refractivity contribution < 1.29 is 20.8 Å². The van der Waals surface area contributed by atoms with Crippen LogP contribution in [0.15, 0.2) is 84.9 Å². The second-order valence-corrected chi connectivity index (χ2v) is 15.4. The predicted molar refractivity (Wildman–Crippen MR) is 170 cm³/mol. The monoisotopic (exact) mass is 642 g/mol. The zero-order valence-electron chi connectivity index (χ0n) is 23.3. The molecule has 2 radical (unpaired) electrons. The zero-order chi connectivity index (χ0) is 27.9. The van der Waals surface area contributed by atoms with E-state index in [0.717, 1.165) is 15.9 Å². The SMILES string of the molecule is CCCc1cc2c(-c3cc(C)cc(C)c3)c(C(C)C)ccc2[cH-]1.[Cl][Zr+2][Cl].[c-]1cccc2c1[Si]c1ccccc1-2. The third kappa shape index (κ3) is 7.28. The Kier molecular flexibility index (Phi) is 11.0. The first-order chi connectivity index (χ1) is 18.9. The average Bonchev–Trinajstić information content (AvgIpc) is 3.49. The summed E-state index contributed by atoms with van der Waals surface area (Å²) >= 11 is -0.826. The van der Waals surface area contributed by atoms with Gasteiger partial charge in [-0.1, -0.05) is 103 Å². The smallest absolute Gasteiger partial charge is 0.0920 e. The summed E-state index contributed by atoms with van der Waals surface area (Å²) in [6, 6.07) is 34.5. The summed E-state index contributed by atoms with van der Waals surface area (Å²) in [5, 5.41) is 5.63. The van der Waals surface area contributed by atoms with Crippen molar-refractivity contribution in [2.45, 2.75) is 53.4 Å². The van der Waals surface area contributed by atoms with Crippen molar-refractivity contribution in [3.63, 3.8) is 0 Å².